The molecule has 0 radical (unpaired) electrons. The van der Waals surface area contributed by atoms with Gasteiger partial charge in [0.15, 0.2) is 0 Å². The highest BCUT2D eigenvalue weighted by molar-refractivity contribution is 7.99. The summed E-state index contributed by atoms with van der Waals surface area (Å²) in [6.45, 7) is 0. The van der Waals surface area contributed by atoms with Gasteiger partial charge in [0.05, 0.1) is 23.7 Å². The van der Waals surface area contributed by atoms with Crippen molar-refractivity contribution < 1.29 is 4.79 Å². The molecule has 48 valence electrons. The number of aromatic nitrogens is 2. The fourth-order valence-electron chi connectivity index (χ4n) is 0.339. The molecule has 0 amide bonds. The summed E-state index contributed by atoms with van der Waals surface area (Å²) in [5.41, 5.74) is 0. The lowest BCUT2D eigenvalue weighted by molar-refractivity contribution is -0.105. The zero-order valence-corrected chi connectivity index (χ0v) is 6.11. The standard InChI is InChI=1S/C4H4N2OS2/c7-1-2-8-4-3-5-9-6-4/h1,3H,2H2. The molecule has 1 rings (SSSR count). The Balaban J connectivity index is 2.38. The number of hydrogen-bond acceptors (Lipinski definition) is 5. The minimum Gasteiger partial charge on any atom is -0.302 e. The number of carbonyl (C=O) groups is 1. The molecular weight excluding hydrogens is 156 g/mol. The second-order valence-electron chi connectivity index (χ2n) is 1.22. The minimum atomic E-state index is 0.464. The van der Waals surface area contributed by atoms with E-state index in [1.54, 1.807) is 6.20 Å². The average Bonchev–Trinajstić information content (AvgIpc) is 2.34. The van der Waals surface area contributed by atoms with Crippen molar-refractivity contribution in [3.05, 3.63) is 6.20 Å². The molecular formula is C4H4N2OS2. The second-order valence-corrected chi connectivity index (χ2v) is 2.82. The molecule has 1 heterocycles. The number of rotatable bonds is 3. The molecule has 0 aliphatic carbocycles. The van der Waals surface area contributed by atoms with Gasteiger partial charge in [0, 0.05) is 0 Å². The van der Waals surface area contributed by atoms with Gasteiger partial charge in [-0.2, -0.15) is 8.75 Å². The number of nitrogens with zero attached hydrogens (tertiary/aromatic N) is 2. The summed E-state index contributed by atoms with van der Waals surface area (Å²) in [5, 5.41) is 0.826. The maximum atomic E-state index is 9.83. The Hall–Kier alpha value is -0.420. The molecule has 0 unspecified atom stereocenters. The molecule has 1 aromatic rings. The predicted molar refractivity (Wildman–Crippen MR) is 36.7 cm³/mol. The van der Waals surface area contributed by atoms with Gasteiger partial charge in [0.1, 0.15) is 11.3 Å². The van der Waals surface area contributed by atoms with Crippen LogP contribution in [-0.4, -0.2) is 20.8 Å². The van der Waals surface area contributed by atoms with Gasteiger partial charge in [0.25, 0.3) is 0 Å². The molecule has 0 aromatic carbocycles. The third-order valence-corrected chi connectivity index (χ3v) is 2.03. The van der Waals surface area contributed by atoms with Gasteiger partial charge in [-0.1, -0.05) is 11.8 Å². The van der Waals surface area contributed by atoms with Crippen LogP contribution in [0.5, 0.6) is 0 Å². The highest BCUT2D eigenvalue weighted by Crippen LogP contribution is 2.12. The normalized spacial score (nSPS) is 9.33. The number of carbonyl (C=O) groups excluding carboxylic acids is 1. The van der Waals surface area contributed by atoms with Gasteiger partial charge in [-0.3, -0.25) is 0 Å². The fraction of sp³-hybridized carbons (Fsp3) is 0.250. The maximum Gasteiger partial charge on any atom is 0.130 e. The molecule has 0 N–H and O–H groups in total. The van der Waals surface area contributed by atoms with Crippen molar-refractivity contribution in [2.45, 2.75) is 5.03 Å². The van der Waals surface area contributed by atoms with Gasteiger partial charge < -0.3 is 4.79 Å². The van der Waals surface area contributed by atoms with Gasteiger partial charge in [-0.15, -0.1) is 0 Å². The number of hydrogen-bond donors (Lipinski definition) is 0. The van der Waals surface area contributed by atoms with Crippen LogP contribution in [0.25, 0.3) is 0 Å². The summed E-state index contributed by atoms with van der Waals surface area (Å²) < 4.78 is 7.66. The summed E-state index contributed by atoms with van der Waals surface area (Å²) in [4.78, 5) is 9.83. The van der Waals surface area contributed by atoms with E-state index in [9.17, 15) is 4.79 Å². The van der Waals surface area contributed by atoms with Crippen LogP contribution in [0.2, 0.25) is 0 Å². The molecule has 0 spiro atoms. The van der Waals surface area contributed by atoms with Crippen LogP contribution in [0.15, 0.2) is 11.2 Å². The molecule has 1 aromatic heterocycles. The van der Waals surface area contributed by atoms with E-state index in [0.717, 1.165) is 23.0 Å². The van der Waals surface area contributed by atoms with Crippen LogP contribution in [0.1, 0.15) is 0 Å². The first kappa shape index (κ1) is 6.70. The fourth-order valence-corrected chi connectivity index (χ4v) is 1.40. The first-order valence-electron chi connectivity index (χ1n) is 2.27. The van der Waals surface area contributed by atoms with E-state index in [2.05, 4.69) is 8.75 Å². The van der Waals surface area contributed by atoms with E-state index < -0.39 is 0 Å². The average molecular weight is 160 g/mol. The largest absolute Gasteiger partial charge is 0.302 e. The van der Waals surface area contributed by atoms with Crippen molar-refractivity contribution in [3.63, 3.8) is 0 Å². The van der Waals surface area contributed by atoms with Crippen LogP contribution in [-0.2, 0) is 4.79 Å². The molecule has 9 heavy (non-hydrogen) atoms. The van der Waals surface area contributed by atoms with Crippen molar-refractivity contribution in [1.29, 1.82) is 0 Å². The van der Waals surface area contributed by atoms with Crippen molar-refractivity contribution in [1.82, 2.24) is 8.75 Å². The second kappa shape index (κ2) is 3.58. The SMILES string of the molecule is O=CCSc1cnsn1. The van der Waals surface area contributed by atoms with E-state index in [4.69, 9.17) is 0 Å². The first-order chi connectivity index (χ1) is 4.43. The molecule has 0 fully saturated rings. The van der Waals surface area contributed by atoms with Crippen LogP contribution in [0.3, 0.4) is 0 Å². The van der Waals surface area contributed by atoms with E-state index in [1.165, 1.54) is 11.8 Å². The van der Waals surface area contributed by atoms with Crippen molar-refractivity contribution in [2.24, 2.45) is 0 Å². The lowest BCUT2D eigenvalue weighted by Crippen LogP contribution is -1.76. The Bertz CT molecular complexity index is 175. The van der Waals surface area contributed by atoms with Crippen LogP contribution < -0.4 is 0 Å². The maximum absolute atomic E-state index is 9.83. The minimum absolute atomic E-state index is 0.464. The van der Waals surface area contributed by atoms with Crippen LogP contribution >= 0.6 is 23.5 Å². The highest BCUT2D eigenvalue weighted by atomic mass is 32.2. The van der Waals surface area contributed by atoms with E-state index in [0.29, 0.717) is 5.75 Å². The highest BCUT2D eigenvalue weighted by Gasteiger charge is 1.93. The zero-order chi connectivity index (χ0) is 6.53. The Kier molecular flexibility index (Phi) is 2.66. The van der Waals surface area contributed by atoms with Crippen LogP contribution in [0, 0.1) is 0 Å². The molecule has 0 aliphatic heterocycles. The van der Waals surface area contributed by atoms with Crippen molar-refractivity contribution in [2.75, 3.05) is 5.75 Å². The number of aldehydes is 1. The van der Waals surface area contributed by atoms with E-state index >= 15 is 0 Å². The Morgan fingerprint density at radius 1 is 1.89 bits per heavy atom. The summed E-state index contributed by atoms with van der Waals surface area (Å²) >= 11 is 2.55. The molecule has 0 atom stereocenters. The Morgan fingerprint density at radius 3 is 3.33 bits per heavy atom. The summed E-state index contributed by atoms with van der Waals surface area (Å²) in [7, 11) is 0. The molecule has 0 bridgehead atoms. The summed E-state index contributed by atoms with van der Waals surface area (Å²) in [5.74, 6) is 0.464. The van der Waals surface area contributed by atoms with E-state index in [-0.39, 0.29) is 0 Å². The van der Waals surface area contributed by atoms with Crippen LogP contribution in [0.4, 0.5) is 0 Å². The van der Waals surface area contributed by atoms with Gasteiger partial charge in [0.2, 0.25) is 0 Å². The Labute approximate surface area is 60.8 Å². The lowest BCUT2D eigenvalue weighted by atomic mass is 10.9. The lowest BCUT2D eigenvalue weighted by Gasteiger charge is -1.82. The van der Waals surface area contributed by atoms with Crippen molar-refractivity contribution >= 4 is 29.8 Å². The van der Waals surface area contributed by atoms with E-state index in [1.807, 2.05) is 0 Å². The number of thioether (sulfide) groups is 1. The van der Waals surface area contributed by atoms with Gasteiger partial charge in [-0.05, 0) is 0 Å². The predicted octanol–water partition coefficient (Wildman–Crippen LogP) is 0.829. The Morgan fingerprint density at radius 2 is 2.78 bits per heavy atom. The smallest absolute Gasteiger partial charge is 0.130 e. The zero-order valence-electron chi connectivity index (χ0n) is 4.48. The summed E-state index contributed by atoms with van der Waals surface area (Å²) in [6.07, 6.45) is 2.50. The molecule has 0 saturated heterocycles. The monoisotopic (exact) mass is 160 g/mol. The topological polar surface area (TPSA) is 42.9 Å². The summed E-state index contributed by atoms with van der Waals surface area (Å²) in [6, 6.07) is 0. The molecule has 5 heteroatoms. The van der Waals surface area contributed by atoms with Gasteiger partial charge in [-0.25, -0.2) is 0 Å². The third kappa shape index (κ3) is 2.11. The molecule has 0 aliphatic rings. The van der Waals surface area contributed by atoms with Gasteiger partial charge >= 0.3 is 0 Å². The first-order valence-corrected chi connectivity index (χ1v) is 3.99. The molecule has 3 nitrogen and oxygen atoms in total. The quantitative estimate of drug-likeness (QED) is 0.485. The van der Waals surface area contributed by atoms with Crippen molar-refractivity contribution in [3.8, 4) is 0 Å². The third-order valence-electron chi connectivity index (χ3n) is 0.640. The molecule has 0 saturated carbocycles.